The fourth-order valence-electron chi connectivity index (χ4n) is 3.75. The molecule has 33 heavy (non-hydrogen) atoms. The van der Waals surface area contributed by atoms with Crippen LogP contribution in [-0.4, -0.2) is 30.9 Å². The van der Waals surface area contributed by atoms with Gasteiger partial charge in [-0.2, -0.15) is 0 Å². The third kappa shape index (κ3) is 4.68. The van der Waals surface area contributed by atoms with Gasteiger partial charge in [-0.05, 0) is 68.7 Å². The number of fused-ring (bicyclic) bond motifs is 1. The Labute approximate surface area is 201 Å². The normalized spacial score (nSPS) is 14.7. The third-order valence-electron chi connectivity index (χ3n) is 5.71. The lowest BCUT2D eigenvalue weighted by Crippen LogP contribution is -2.23. The molecule has 0 radical (unpaired) electrons. The molecule has 170 valence electrons. The van der Waals surface area contributed by atoms with E-state index in [2.05, 4.69) is 59.1 Å². The molecule has 1 amide bonds. The Morgan fingerprint density at radius 1 is 1.12 bits per heavy atom. The van der Waals surface area contributed by atoms with Crippen molar-refractivity contribution in [1.82, 2.24) is 19.7 Å². The molecule has 0 saturated heterocycles. The predicted octanol–water partition coefficient (Wildman–Crippen LogP) is 6.44. The Bertz CT molecular complexity index is 1300. The van der Waals surface area contributed by atoms with E-state index in [4.69, 9.17) is 4.98 Å². The Hall–Kier alpha value is -2.71. The number of nitrogens with one attached hydrogen (secondary N) is 1. The first kappa shape index (κ1) is 22.1. The second-order valence-corrected chi connectivity index (χ2v) is 11.3. The van der Waals surface area contributed by atoms with Gasteiger partial charge in [-0.25, -0.2) is 4.98 Å². The molecule has 2 aromatic heterocycles. The van der Waals surface area contributed by atoms with Crippen molar-refractivity contribution in [3.8, 4) is 10.6 Å². The van der Waals surface area contributed by atoms with Crippen LogP contribution in [0.25, 0.3) is 20.8 Å². The van der Waals surface area contributed by atoms with Gasteiger partial charge in [0.2, 0.25) is 5.91 Å². The van der Waals surface area contributed by atoms with E-state index in [1.165, 1.54) is 22.0 Å². The van der Waals surface area contributed by atoms with Crippen LogP contribution in [-0.2, 0) is 4.79 Å². The SMILES string of the molecule is Cc1ccc2nc(-c3ccc(NC(=O)C(C)Sc4nnc(C(C)C)n4C4CC4)cc3)sc2c1. The summed E-state index contributed by atoms with van der Waals surface area (Å²) in [5, 5.41) is 13.4. The number of thiazole rings is 1. The van der Waals surface area contributed by atoms with Gasteiger partial charge in [0.15, 0.2) is 5.16 Å². The maximum absolute atomic E-state index is 12.9. The van der Waals surface area contributed by atoms with Gasteiger partial charge in [0.1, 0.15) is 10.8 Å². The number of nitrogens with zero attached hydrogens (tertiary/aromatic N) is 4. The molecule has 1 unspecified atom stereocenters. The highest BCUT2D eigenvalue weighted by Gasteiger charge is 2.31. The molecule has 2 aromatic carbocycles. The standard InChI is InChI=1S/C25H27N5OS2/c1-14(2)22-28-29-25(30(22)19-10-11-19)32-16(4)23(31)26-18-8-6-17(7-9-18)24-27-20-12-5-15(3)13-21(20)33-24/h5-9,12-14,16,19H,10-11H2,1-4H3,(H,26,31). The van der Waals surface area contributed by atoms with Gasteiger partial charge in [-0.1, -0.05) is 31.7 Å². The Morgan fingerprint density at radius 2 is 1.88 bits per heavy atom. The summed E-state index contributed by atoms with van der Waals surface area (Å²) >= 11 is 3.16. The molecule has 0 spiro atoms. The summed E-state index contributed by atoms with van der Waals surface area (Å²) in [5.74, 6) is 1.28. The van der Waals surface area contributed by atoms with Crippen LogP contribution in [0.3, 0.4) is 0 Å². The third-order valence-corrected chi connectivity index (χ3v) is 7.84. The van der Waals surface area contributed by atoms with Crippen molar-refractivity contribution in [3.05, 3.63) is 53.9 Å². The molecule has 1 fully saturated rings. The van der Waals surface area contributed by atoms with E-state index < -0.39 is 0 Å². The number of rotatable bonds is 7. The molecule has 1 N–H and O–H groups in total. The minimum Gasteiger partial charge on any atom is -0.325 e. The molecule has 4 aromatic rings. The molecule has 1 atom stereocenters. The minimum atomic E-state index is -0.279. The number of anilines is 1. The van der Waals surface area contributed by atoms with Crippen LogP contribution in [0, 0.1) is 6.92 Å². The molecule has 1 aliphatic rings. The van der Waals surface area contributed by atoms with Crippen LogP contribution in [0.2, 0.25) is 0 Å². The maximum atomic E-state index is 12.9. The molecular formula is C25H27N5OS2. The molecule has 5 rings (SSSR count). The lowest BCUT2D eigenvalue weighted by molar-refractivity contribution is -0.115. The summed E-state index contributed by atoms with van der Waals surface area (Å²) in [4.78, 5) is 17.6. The molecule has 1 saturated carbocycles. The number of hydrogen-bond donors (Lipinski definition) is 1. The van der Waals surface area contributed by atoms with E-state index in [-0.39, 0.29) is 11.2 Å². The minimum absolute atomic E-state index is 0.0420. The fraction of sp³-hybridized carbons (Fsp3) is 0.360. The number of aromatic nitrogens is 4. The van der Waals surface area contributed by atoms with Crippen molar-refractivity contribution >= 4 is 44.9 Å². The van der Waals surface area contributed by atoms with Crippen LogP contribution in [0.4, 0.5) is 5.69 Å². The number of carbonyl (C=O) groups is 1. The average molecular weight is 478 g/mol. The molecular weight excluding hydrogens is 450 g/mol. The topological polar surface area (TPSA) is 72.7 Å². The lowest BCUT2D eigenvalue weighted by Gasteiger charge is -2.14. The molecule has 1 aliphatic carbocycles. The van der Waals surface area contributed by atoms with Crippen molar-refractivity contribution in [2.45, 2.75) is 62.9 Å². The van der Waals surface area contributed by atoms with Crippen LogP contribution in [0.1, 0.15) is 57.0 Å². The van der Waals surface area contributed by atoms with Gasteiger partial charge < -0.3 is 9.88 Å². The number of hydrogen-bond acceptors (Lipinski definition) is 6. The van der Waals surface area contributed by atoms with E-state index in [9.17, 15) is 4.79 Å². The van der Waals surface area contributed by atoms with Crippen LogP contribution >= 0.6 is 23.1 Å². The van der Waals surface area contributed by atoms with Crippen molar-refractivity contribution in [2.24, 2.45) is 0 Å². The summed E-state index contributed by atoms with van der Waals surface area (Å²) in [5.41, 5.74) is 4.08. The van der Waals surface area contributed by atoms with Crippen molar-refractivity contribution in [3.63, 3.8) is 0 Å². The average Bonchev–Trinajstić information content (AvgIpc) is 3.40. The van der Waals surface area contributed by atoms with E-state index in [0.717, 1.165) is 45.6 Å². The number of aryl methyl sites for hydroxylation is 1. The van der Waals surface area contributed by atoms with Gasteiger partial charge in [0.05, 0.1) is 15.5 Å². The van der Waals surface area contributed by atoms with Crippen molar-refractivity contribution < 1.29 is 4.79 Å². The highest BCUT2D eigenvalue weighted by molar-refractivity contribution is 8.00. The van der Waals surface area contributed by atoms with Gasteiger partial charge in [0.25, 0.3) is 0 Å². The van der Waals surface area contributed by atoms with E-state index in [1.54, 1.807) is 11.3 Å². The zero-order valence-corrected chi connectivity index (χ0v) is 20.8. The monoisotopic (exact) mass is 477 g/mol. The smallest absolute Gasteiger partial charge is 0.237 e. The fourth-order valence-corrected chi connectivity index (χ4v) is 5.74. The zero-order valence-electron chi connectivity index (χ0n) is 19.2. The first-order valence-corrected chi connectivity index (χ1v) is 13.0. The Kier molecular flexibility index (Phi) is 5.97. The summed E-state index contributed by atoms with van der Waals surface area (Å²) in [7, 11) is 0. The van der Waals surface area contributed by atoms with Crippen molar-refractivity contribution in [2.75, 3.05) is 5.32 Å². The highest BCUT2D eigenvalue weighted by atomic mass is 32.2. The van der Waals surface area contributed by atoms with E-state index >= 15 is 0 Å². The molecule has 2 heterocycles. The molecule has 0 aliphatic heterocycles. The van der Waals surface area contributed by atoms with Crippen LogP contribution in [0.5, 0.6) is 0 Å². The quantitative estimate of drug-likeness (QED) is 0.310. The Morgan fingerprint density at radius 3 is 2.58 bits per heavy atom. The largest absolute Gasteiger partial charge is 0.325 e. The molecule has 6 nitrogen and oxygen atoms in total. The summed E-state index contributed by atoms with van der Waals surface area (Å²) in [6, 6.07) is 14.7. The number of amides is 1. The predicted molar refractivity (Wildman–Crippen MR) is 136 cm³/mol. The van der Waals surface area contributed by atoms with Gasteiger partial charge in [0, 0.05) is 23.2 Å². The zero-order chi connectivity index (χ0) is 23.1. The summed E-state index contributed by atoms with van der Waals surface area (Å²) in [6.45, 7) is 8.27. The first-order valence-electron chi connectivity index (χ1n) is 11.3. The number of benzene rings is 2. The van der Waals surface area contributed by atoms with E-state index in [0.29, 0.717) is 12.0 Å². The number of thioether (sulfide) groups is 1. The summed E-state index contributed by atoms with van der Waals surface area (Å²) in [6.07, 6.45) is 2.32. The van der Waals surface area contributed by atoms with Gasteiger partial charge >= 0.3 is 0 Å². The number of carbonyl (C=O) groups excluding carboxylic acids is 1. The van der Waals surface area contributed by atoms with Gasteiger partial charge in [-0.3, -0.25) is 4.79 Å². The van der Waals surface area contributed by atoms with Crippen LogP contribution in [0.15, 0.2) is 47.6 Å². The van der Waals surface area contributed by atoms with Crippen molar-refractivity contribution in [1.29, 1.82) is 0 Å². The maximum Gasteiger partial charge on any atom is 0.237 e. The first-order chi connectivity index (χ1) is 15.9. The Balaban J connectivity index is 1.26. The van der Waals surface area contributed by atoms with Gasteiger partial charge in [-0.15, -0.1) is 21.5 Å². The van der Waals surface area contributed by atoms with E-state index in [1.807, 2.05) is 31.2 Å². The second kappa shape index (κ2) is 8.91. The highest BCUT2D eigenvalue weighted by Crippen LogP contribution is 2.41. The summed E-state index contributed by atoms with van der Waals surface area (Å²) < 4.78 is 3.42. The van der Waals surface area contributed by atoms with Crippen LogP contribution < -0.4 is 5.32 Å². The molecule has 8 heteroatoms. The molecule has 0 bridgehead atoms. The second-order valence-electron chi connectivity index (χ2n) is 8.91. The lowest BCUT2D eigenvalue weighted by atomic mass is 10.2.